The van der Waals surface area contributed by atoms with Gasteiger partial charge < -0.3 is 9.64 Å². The Morgan fingerprint density at radius 2 is 2.04 bits per heavy atom. The van der Waals surface area contributed by atoms with Gasteiger partial charge in [0.25, 0.3) is 10.1 Å². The van der Waals surface area contributed by atoms with E-state index in [-0.39, 0.29) is 4.24 Å². The normalized spacial score (nSPS) is 27.5. The number of hydrogen-bond acceptors (Lipinski definition) is 4. The molecule has 1 fully saturated rings. The van der Waals surface area contributed by atoms with Crippen LogP contribution in [0.2, 0.25) is 0 Å². The largest absolute Gasteiger partial charge is 0.378 e. The van der Waals surface area contributed by atoms with Crippen LogP contribution in [-0.4, -0.2) is 50.7 Å². The second kappa shape index (κ2) is 11.0. The molecule has 1 aliphatic heterocycles. The fraction of sp³-hybridized carbons (Fsp3) is 0.632. The Morgan fingerprint density at radius 3 is 2.67 bits per heavy atom. The molecule has 1 N–H and O–H groups in total. The van der Waals surface area contributed by atoms with Crippen molar-refractivity contribution in [1.82, 2.24) is 4.90 Å². The molecule has 5 nitrogen and oxygen atoms in total. The Hall–Kier alpha value is -0.310. The average molecular weight is 437 g/mol. The molecule has 0 amide bonds. The Morgan fingerprint density at radius 1 is 1.33 bits per heavy atom. The lowest BCUT2D eigenvalue weighted by molar-refractivity contribution is 0.0193. The van der Waals surface area contributed by atoms with Crippen molar-refractivity contribution in [2.45, 2.75) is 44.6 Å². The maximum atomic E-state index is 11.5. The first-order chi connectivity index (χ1) is 12.8. The van der Waals surface area contributed by atoms with Gasteiger partial charge in [-0.15, -0.1) is 6.58 Å². The molecule has 8 heteroatoms. The monoisotopic (exact) mass is 436 g/mol. The number of unbranched alkanes of at least 4 members (excludes halogenated alkanes) is 1. The summed E-state index contributed by atoms with van der Waals surface area (Å²) in [5, 5.41) is 0. The highest BCUT2D eigenvalue weighted by atomic mass is 35.5. The van der Waals surface area contributed by atoms with Gasteiger partial charge in [-0.05, 0) is 70.2 Å². The summed E-state index contributed by atoms with van der Waals surface area (Å²) in [6, 6.07) is 0. The summed E-state index contributed by atoms with van der Waals surface area (Å²) in [4.78, 5) is 2.24. The molecule has 1 radical (unpaired) electrons. The predicted molar refractivity (Wildman–Crippen MR) is 115 cm³/mol. The summed E-state index contributed by atoms with van der Waals surface area (Å²) >= 11 is 6.16. The van der Waals surface area contributed by atoms with Crippen LogP contribution in [0, 0.1) is 11.7 Å². The van der Waals surface area contributed by atoms with Gasteiger partial charge in [-0.25, -0.2) is 0 Å². The number of rotatable bonds is 11. The number of allylic oxidation sites excluding steroid dienone is 2. The zero-order valence-electron chi connectivity index (χ0n) is 15.9. The van der Waals surface area contributed by atoms with Crippen molar-refractivity contribution >= 4 is 32.6 Å². The fourth-order valence-corrected chi connectivity index (χ4v) is 7.48. The van der Waals surface area contributed by atoms with Crippen molar-refractivity contribution in [1.29, 1.82) is 0 Å². The molecule has 0 bridgehead atoms. The van der Waals surface area contributed by atoms with Crippen molar-refractivity contribution < 1.29 is 17.7 Å². The van der Waals surface area contributed by atoms with Gasteiger partial charge in [-0.2, -0.15) is 19.3 Å². The van der Waals surface area contributed by atoms with E-state index in [9.17, 15) is 13.0 Å². The van der Waals surface area contributed by atoms with Gasteiger partial charge >= 0.3 is 0 Å². The first-order valence-corrected chi connectivity index (χ1v) is 12.6. The van der Waals surface area contributed by atoms with Crippen LogP contribution in [0.3, 0.4) is 0 Å². The lowest BCUT2D eigenvalue weighted by atomic mass is 9.89. The van der Waals surface area contributed by atoms with E-state index in [1.165, 1.54) is 6.08 Å². The van der Waals surface area contributed by atoms with Crippen LogP contribution in [0.25, 0.3) is 0 Å². The molecule has 0 aromatic heterocycles. The van der Waals surface area contributed by atoms with E-state index in [0.29, 0.717) is 16.4 Å². The maximum Gasteiger partial charge on any atom is 0.299 e. The maximum absolute atomic E-state index is 11.5. The molecule has 1 saturated carbocycles. The van der Waals surface area contributed by atoms with E-state index in [2.05, 4.69) is 18.5 Å². The van der Waals surface area contributed by atoms with E-state index in [1.54, 1.807) is 6.08 Å². The third-order valence-electron chi connectivity index (χ3n) is 4.90. The summed E-state index contributed by atoms with van der Waals surface area (Å²) in [6.07, 6.45) is 11.3. The third-order valence-corrected chi connectivity index (χ3v) is 9.47. The summed E-state index contributed by atoms with van der Waals surface area (Å²) in [6.45, 7) is 6.50. The van der Waals surface area contributed by atoms with Crippen molar-refractivity contribution in [3.8, 4) is 0 Å². The number of nitrogens with zero attached hydrogens (tertiary/aromatic N) is 1. The Labute approximate surface area is 171 Å². The highest BCUT2D eigenvalue weighted by Crippen LogP contribution is 2.56. The van der Waals surface area contributed by atoms with Gasteiger partial charge in [0.15, 0.2) is 0 Å². The van der Waals surface area contributed by atoms with Crippen LogP contribution in [0.4, 0.5) is 0 Å². The summed E-state index contributed by atoms with van der Waals surface area (Å²) < 4.78 is 38.9. The Kier molecular flexibility index (Phi) is 9.38. The quantitative estimate of drug-likeness (QED) is 0.217. The minimum Gasteiger partial charge on any atom is -0.378 e. The average Bonchev–Trinajstić information content (AvgIpc) is 2.97. The van der Waals surface area contributed by atoms with Gasteiger partial charge in [-0.1, -0.05) is 17.7 Å². The van der Waals surface area contributed by atoms with Crippen molar-refractivity contribution in [2.75, 3.05) is 26.7 Å². The topological polar surface area (TPSA) is 66.8 Å². The molecule has 0 saturated heterocycles. The molecule has 0 aromatic carbocycles. The molecule has 155 valence electrons. The molecule has 1 atom stereocenters. The van der Waals surface area contributed by atoms with Crippen molar-refractivity contribution in [3.05, 3.63) is 39.2 Å². The molecule has 2 aliphatic rings. The van der Waals surface area contributed by atoms with Crippen molar-refractivity contribution in [3.63, 3.8) is 0 Å². The molecule has 0 spiro atoms. The number of thiol groups is 1. The fourth-order valence-electron chi connectivity index (χ4n) is 3.42. The van der Waals surface area contributed by atoms with E-state index in [0.717, 1.165) is 58.2 Å². The minimum absolute atomic E-state index is 0.0438. The molecule has 2 rings (SSSR count). The van der Waals surface area contributed by atoms with Gasteiger partial charge in [0.2, 0.25) is 0 Å². The lowest BCUT2D eigenvalue weighted by Gasteiger charge is -2.31. The molecular weight excluding hydrogens is 406 g/mol. The minimum atomic E-state index is -4.19. The molecule has 27 heavy (non-hydrogen) atoms. The van der Waals surface area contributed by atoms with Crippen LogP contribution >= 0.6 is 22.5 Å². The summed E-state index contributed by atoms with van der Waals surface area (Å²) in [7, 11) is -3.34. The molecular formula is C19H31ClNO4S2. The SMILES string of the molecule is C=CCN(C)CCCCOC1CCC([CH][SH]2C(Cl)=CC=C2S(=O)(=O)O)CC1. The third kappa shape index (κ3) is 7.55. The van der Waals surface area contributed by atoms with E-state index < -0.39 is 21.0 Å². The molecule has 1 aliphatic carbocycles. The Balaban J connectivity index is 1.65. The highest BCUT2D eigenvalue weighted by Gasteiger charge is 2.31. The van der Waals surface area contributed by atoms with E-state index in [4.69, 9.17) is 16.3 Å². The van der Waals surface area contributed by atoms with Crippen LogP contribution < -0.4 is 0 Å². The zero-order chi connectivity index (χ0) is 19.9. The molecule has 0 aromatic rings. The van der Waals surface area contributed by atoms with Gasteiger partial charge in [0, 0.05) is 18.9 Å². The molecule has 1 heterocycles. The summed E-state index contributed by atoms with van der Waals surface area (Å²) in [5.41, 5.74) is 0. The molecule has 1 unspecified atom stereocenters. The number of likely N-dealkylation sites (N-methyl/N-ethyl adjacent to an activating group) is 1. The second-order valence-electron chi connectivity index (χ2n) is 7.15. The number of hydrogen-bond donors (Lipinski definition) is 2. The zero-order valence-corrected chi connectivity index (χ0v) is 18.4. The predicted octanol–water partition coefficient (Wildman–Crippen LogP) is 4.45. The highest BCUT2D eigenvalue weighted by molar-refractivity contribution is 8.34. The van der Waals surface area contributed by atoms with Crippen LogP contribution in [0.1, 0.15) is 38.5 Å². The first-order valence-electron chi connectivity index (χ1n) is 9.41. The van der Waals surface area contributed by atoms with Crippen LogP contribution in [0.5, 0.6) is 0 Å². The van der Waals surface area contributed by atoms with Gasteiger partial charge in [0.1, 0.15) is 4.24 Å². The van der Waals surface area contributed by atoms with Crippen LogP contribution in [0.15, 0.2) is 33.4 Å². The second-order valence-corrected chi connectivity index (χ2v) is 11.5. The van der Waals surface area contributed by atoms with Gasteiger partial charge in [-0.3, -0.25) is 4.55 Å². The smallest absolute Gasteiger partial charge is 0.299 e. The first kappa shape index (κ1) is 23.0. The van der Waals surface area contributed by atoms with Gasteiger partial charge in [0.05, 0.1) is 10.5 Å². The van der Waals surface area contributed by atoms with E-state index >= 15 is 0 Å². The van der Waals surface area contributed by atoms with E-state index in [1.807, 2.05) is 11.8 Å². The summed E-state index contributed by atoms with van der Waals surface area (Å²) in [5.74, 6) is 2.35. The Bertz CT molecular complexity index is 655. The van der Waals surface area contributed by atoms with Crippen LogP contribution in [-0.2, 0) is 14.9 Å². The van der Waals surface area contributed by atoms with Crippen molar-refractivity contribution in [2.24, 2.45) is 5.92 Å². The lowest BCUT2D eigenvalue weighted by Crippen LogP contribution is -2.23. The standard InChI is InChI=1S/C19H31ClNO4S2/c1-3-12-21(2)13-4-5-14-25-17-8-6-16(7-9-17)15-26-18(20)10-11-19(26)27(22,23)24/h3,10-11,15-17,26H,1,4-9,12-14H2,2H3,(H,22,23,24). The number of ether oxygens (including phenoxy) is 1. The number of halogens is 1.